The van der Waals surface area contributed by atoms with Crippen LogP contribution in [0.15, 0.2) is 35.5 Å². The van der Waals surface area contributed by atoms with Crippen molar-refractivity contribution in [2.24, 2.45) is 10.9 Å². The Labute approximate surface area is 88.1 Å². The number of hydrogen-bond acceptors (Lipinski definition) is 4. The molecule has 5 nitrogen and oxygen atoms in total. The maximum absolute atomic E-state index is 8.70. The molecule has 0 spiro atoms. The summed E-state index contributed by atoms with van der Waals surface area (Å²) < 4.78 is 10.4. The zero-order valence-electron chi connectivity index (χ0n) is 8.68. The van der Waals surface area contributed by atoms with E-state index < -0.39 is 5.79 Å². The Morgan fingerprint density at radius 3 is 2.20 bits per heavy atom. The molecule has 0 radical (unpaired) electrons. The van der Waals surface area contributed by atoms with E-state index >= 15 is 0 Å². The molecule has 0 aliphatic heterocycles. The summed E-state index contributed by atoms with van der Waals surface area (Å²) in [5.74, 6) is -1.49. The van der Waals surface area contributed by atoms with Gasteiger partial charge in [0.25, 0.3) is 5.79 Å². The van der Waals surface area contributed by atoms with Crippen molar-refractivity contribution < 1.29 is 14.7 Å². The zero-order chi connectivity index (χ0) is 11.3. The van der Waals surface area contributed by atoms with E-state index in [1.165, 1.54) is 14.2 Å². The second-order valence-electron chi connectivity index (χ2n) is 2.88. The molecule has 0 amide bonds. The average molecular weight is 210 g/mol. The second-order valence-corrected chi connectivity index (χ2v) is 2.88. The summed E-state index contributed by atoms with van der Waals surface area (Å²) in [7, 11) is 2.85. The molecule has 1 rings (SSSR count). The number of nitrogens with two attached hydrogens (primary N) is 1. The Kier molecular flexibility index (Phi) is 3.65. The van der Waals surface area contributed by atoms with Crippen LogP contribution in [0.4, 0.5) is 0 Å². The molecule has 1 aromatic carbocycles. The van der Waals surface area contributed by atoms with Gasteiger partial charge in [-0.3, -0.25) is 0 Å². The highest BCUT2D eigenvalue weighted by molar-refractivity contribution is 5.88. The molecule has 82 valence electrons. The van der Waals surface area contributed by atoms with Crippen LogP contribution in [0.5, 0.6) is 0 Å². The maximum atomic E-state index is 8.70. The number of benzene rings is 1. The fourth-order valence-electron chi connectivity index (χ4n) is 1.40. The van der Waals surface area contributed by atoms with Gasteiger partial charge >= 0.3 is 0 Å². The molecule has 0 saturated heterocycles. The largest absolute Gasteiger partial charge is 0.409 e. The van der Waals surface area contributed by atoms with Crippen molar-refractivity contribution in [3.05, 3.63) is 35.9 Å². The Morgan fingerprint density at radius 2 is 1.80 bits per heavy atom. The highest BCUT2D eigenvalue weighted by Crippen LogP contribution is 2.25. The molecule has 0 aromatic heterocycles. The van der Waals surface area contributed by atoms with Gasteiger partial charge in [0.05, 0.1) is 0 Å². The van der Waals surface area contributed by atoms with Crippen LogP contribution >= 0.6 is 0 Å². The number of nitrogens with zero attached hydrogens (tertiary/aromatic N) is 1. The molecule has 0 unspecified atom stereocenters. The SMILES string of the molecule is COC(OC)(C(N)=NO)c1ccccc1. The van der Waals surface area contributed by atoms with Crippen molar-refractivity contribution in [2.45, 2.75) is 5.79 Å². The maximum Gasteiger partial charge on any atom is 0.258 e. The molecular formula is C10H14N2O3. The van der Waals surface area contributed by atoms with Crippen molar-refractivity contribution in [1.82, 2.24) is 0 Å². The Morgan fingerprint density at radius 1 is 1.27 bits per heavy atom. The van der Waals surface area contributed by atoms with E-state index in [1.807, 2.05) is 18.2 Å². The van der Waals surface area contributed by atoms with Crippen LogP contribution in [-0.4, -0.2) is 25.3 Å². The van der Waals surface area contributed by atoms with Crippen LogP contribution in [-0.2, 0) is 15.3 Å². The third-order valence-corrected chi connectivity index (χ3v) is 2.17. The van der Waals surface area contributed by atoms with E-state index in [2.05, 4.69) is 5.16 Å². The fraction of sp³-hybridized carbons (Fsp3) is 0.300. The predicted octanol–water partition coefficient (Wildman–Crippen LogP) is 0.879. The first-order chi connectivity index (χ1) is 7.21. The van der Waals surface area contributed by atoms with Crippen LogP contribution in [0.3, 0.4) is 0 Å². The van der Waals surface area contributed by atoms with Gasteiger partial charge in [0.15, 0.2) is 0 Å². The molecule has 0 fully saturated rings. The number of methoxy groups -OCH3 is 2. The van der Waals surface area contributed by atoms with Crippen LogP contribution in [0.2, 0.25) is 0 Å². The number of oxime groups is 1. The van der Waals surface area contributed by atoms with E-state index in [1.54, 1.807) is 12.1 Å². The highest BCUT2D eigenvalue weighted by Gasteiger charge is 2.37. The summed E-state index contributed by atoms with van der Waals surface area (Å²) in [5.41, 5.74) is 6.21. The van der Waals surface area contributed by atoms with E-state index in [-0.39, 0.29) is 5.84 Å². The lowest BCUT2D eigenvalue weighted by molar-refractivity contribution is -0.162. The first-order valence-corrected chi connectivity index (χ1v) is 4.35. The molecule has 0 heterocycles. The minimum absolute atomic E-state index is 0.154. The lowest BCUT2D eigenvalue weighted by Gasteiger charge is -2.29. The molecule has 5 heteroatoms. The summed E-state index contributed by atoms with van der Waals surface area (Å²) >= 11 is 0. The minimum atomic E-state index is -1.34. The van der Waals surface area contributed by atoms with Crippen LogP contribution < -0.4 is 5.73 Å². The average Bonchev–Trinajstić information content (AvgIpc) is 2.32. The summed E-state index contributed by atoms with van der Waals surface area (Å²) in [5, 5.41) is 11.6. The monoisotopic (exact) mass is 210 g/mol. The van der Waals surface area contributed by atoms with Crippen molar-refractivity contribution in [2.75, 3.05) is 14.2 Å². The van der Waals surface area contributed by atoms with Gasteiger partial charge in [0.2, 0.25) is 5.84 Å². The van der Waals surface area contributed by atoms with Crippen molar-refractivity contribution in [1.29, 1.82) is 0 Å². The van der Waals surface area contributed by atoms with Crippen LogP contribution in [0, 0.1) is 0 Å². The summed E-state index contributed by atoms with van der Waals surface area (Å²) in [6.45, 7) is 0. The normalized spacial score (nSPS) is 12.8. The van der Waals surface area contributed by atoms with Crippen molar-refractivity contribution >= 4 is 5.84 Å². The van der Waals surface area contributed by atoms with Crippen molar-refractivity contribution in [3.63, 3.8) is 0 Å². The summed E-state index contributed by atoms with van der Waals surface area (Å²) in [6, 6.07) is 9.02. The number of amidine groups is 1. The van der Waals surface area contributed by atoms with E-state index in [9.17, 15) is 0 Å². The third kappa shape index (κ3) is 1.93. The van der Waals surface area contributed by atoms with Gasteiger partial charge in [-0.1, -0.05) is 35.5 Å². The number of rotatable bonds is 4. The molecular weight excluding hydrogens is 196 g/mol. The van der Waals surface area contributed by atoms with Gasteiger partial charge in [-0.2, -0.15) is 0 Å². The lowest BCUT2D eigenvalue weighted by Crippen LogP contribution is -2.44. The van der Waals surface area contributed by atoms with Gasteiger partial charge in [0, 0.05) is 19.8 Å². The third-order valence-electron chi connectivity index (χ3n) is 2.17. The Bertz CT molecular complexity index is 334. The quantitative estimate of drug-likeness (QED) is 0.254. The Balaban J connectivity index is 3.23. The van der Waals surface area contributed by atoms with Gasteiger partial charge < -0.3 is 20.4 Å². The number of hydrogen-bond donors (Lipinski definition) is 2. The smallest absolute Gasteiger partial charge is 0.258 e. The van der Waals surface area contributed by atoms with Crippen LogP contribution in [0.1, 0.15) is 5.56 Å². The van der Waals surface area contributed by atoms with Crippen LogP contribution in [0.25, 0.3) is 0 Å². The van der Waals surface area contributed by atoms with Crippen molar-refractivity contribution in [3.8, 4) is 0 Å². The molecule has 15 heavy (non-hydrogen) atoms. The number of ether oxygens (including phenoxy) is 2. The first kappa shape index (κ1) is 11.5. The molecule has 1 aromatic rings. The van der Waals surface area contributed by atoms with E-state index in [4.69, 9.17) is 20.4 Å². The minimum Gasteiger partial charge on any atom is -0.409 e. The highest BCUT2D eigenvalue weighted by atomic mass is 16.7. The summed E-state index contributed by atoms with van der Waals surface area (Å²) in [6.07, 6.45) is 0. The fourth-order valence-corrected chi connectivity index (χ4v) is 1.40. The van der Waals surface area contributed by atoms with Gasteiger partial charge in [-0.05, 0) is 0 Å². The van der Waals surface area contributed by atoms with Gasteiger partial charge in [-0.15, -0.1) is 0 Å². The molecule has 3 N–H and O–H groups in total. The molecule has 0 atom stereocenters. The first-order valence-electron chi connectivity index (χ1n) is 4.35. The molecule has 0 aliphatic carbocycles. The van der Waals surface area contributed by atoms with E-state index in [0.29, 0.717) is 5.56 Å². The lowest BCUT2D eigenvalue weighted by atomic mass is 10.0. The second kappa shape index (κ2) is 4.77. The molecule has 0 saturated carbocycles. The van der Waals surface area contributed by atoms with Gasteiger partial charge in [0.1, 0.15) is 0 Å². The molecule has 0 aliphatic rings. The zero-order valence-corrected chi connectivity index (χ0v) is 8.68. The predicted molar refractivity (Wildman–Crippen MR) is 55.5 cm³/mol. The topological polar surface area (TPSA) is 77.1 Å². The molecule has 0 bridgehead atoms. The van der Waals surface area contributed by atoms with Gasteiger partial charge in [-0.25, -0.2) is 0 Å². The van der Waals surface area contributed by atoms with E-state index in [0.717, 1.165) is 0 Å². The Hall–Kier alpha value is -1.59. The summed E-state index contributed by atoms with van der Waals surface area (Å²) in [4.78, 5) is 0. The standard InChI is InChI=1S/C10H14N2O3/c1-14-10(15-2,9(11)12-13)8-6-4-3-5-7-8/h3-7,13H,1-2H3,(H2,11,12).